The molecule has 4 nitrogen and oxygen atoms in total. The van der Waals surface area contributed by atoms with E-state index >= 15 is 0 Å². The lowest BCUT2D eigenvalue weighted by Crippen LogP contribution is -1.94. The molecule has 1 atom stereocenters. The first-order valence-electron chi connectivity index (χ1n) is 5.02. The molecule has 6 heteroatoms. The molecule has 0 fully saturated rings. The standard InChI is InChI=1S/C11H9N3OS2/c15-17(6-9-5-12-7-16-9)10-1-2-11-8(3-10)4-13-14-11/h1-5,7H,6H2,(H,13,14). The second-order valence-corrected chi connectivity index (χ2v) is 6.00. The summed E-state index contributed by atoms with van der Waals surface area (Å²) in [6, 6.07) is 5.69. The monoisotopic (exact) mass is 263 g/mol. The Morgan fingerprint density at radius 2 is 2.29 bits per heavy atom. The van der Waals surface area contributed by atoms with Crippen molar-refractivity contribution in [2.75, 3.05) is 0 Å². The van der Waals surface area contributed by atoms with Crippen LogP contribution < -0.4 is 0 Å². The van der Waals surface area contributed by atoms with Gasteiger partial charge in [-0.3, -0.25) is 14.3 Å². The molecule has 17 heavy (non-hydrogen) atoms. The van der Waals surface area contributed by atoms with Gasteiger partial charge in [0.25, 0.3) is 0 Å². The van der Waals surface area contributed by atoms with Crippen LogP contribution in [-0.4, -0.2) is 19.4 Å². The third-order valence-corrected chi connectivity index (χ3v) is 4.75. The van der Waals surface area contributed by atoms with Gasteiger partial charge < -0.3 is 0 Å². The predicted molar refractivity (Wildman–Crippen MR) is 68.3 cm³/mol. The van der Waals surface area contributed by atoms with Crippen molar-refractivity contribution < 1.29 is 4.21 Å². The highest BCUT2D eigenvalue weighted by Gasteiger charge is 2.07. The summed E-state index contributed by atoms with van der Waals surface area (Å²) >= 11 is 1.53. The van der Waals surface area contributed by atoms with Gasteiger partial charge in [-0.15, -0.1) is 11.3 Å². The molecule has 1 unspecified atom stereocenters. The smallest absolute Gasteiger partial charge is 0.0794 e. The summed E-state index contributed by atoms with van der Waals surface area (Å²) in [5.41, 5.74) is 2.72. The summed E-state index contributed by atoms with van der Waals surface area (Å²) in [5.74, 6) is 0.522. The average Bonchev–Trinajstić information content (AvgIpc) is 2.97. The van der Waals surface area contributed by atoms with Gasteiger partial charge in [0.2, 0.25) is 0 Å². The van der Waals surface area contributed by atoms with Crippen LogP contribution in [0.15, 0.2) is 41.0 Å². The molecular formula is C11H9N3OS2. The third kappa shape index (κ3) is 2.13. The summed E-state index contributed by atoms with van der Waals surface area (Å²) in [5, 5.41) is 7.81. The van der Waals surface area contributed by atoms with Crippen molar-refractivity contribution in [2.24, 2.45) is 0 Å². The molecule has 0 aliphatic rings. The number of benzene rings is 1. The fourth-order valence-electron chi connectivity index (χ4n) is 1.59. The van der Waals surface area contributed by atoms with Crippen molar-refractivity contribution in [3.8, 4) is 0 Å². The largest absolute Gasteiger partial charge is 0.278 e. The molecule has 2 heterocycles. The van der Waals surface area contributed by atoms with Gasteiger partial charge in [-0.25, -0.2) is 0 Å². The lowest BCUT2D eigenvalue weighted by Gasteiger charge is -2.00. The number of aromatic nitrogens is 3. The van der Waals surface area contributed by atoms with E-state index in [0.29, 0.717) is 5.75 Å². The Balaban J connectivity index is 1.90. The molecule has 0 spiro atoms. The minimum absolute atomic E-state index is 0.522. The van der Waals surface area contributed by atoms with Gasteiger partial charge in [0.15, 0.2) is 0 Å². The fourth-order valence-corrected chi connectivity index (χ4v) is 3.54. The maximum atomic E-state index is 12.1. The molecular weight excluding hydrogens is 254 g/mol. The van der Waals surface area contributed by atoms with Crippen LogP contribution in [0.3, 0.4) is 0 Å². The van der Waals surface area contributed by atoms with Gasteiger partial charge in [-0.1, -0.05) is 0 Å². The normalized spacial score (nSPS) is 12.9. The van der Waals surface area contributed by atoms with Crippen molar-refractivity contribution in [3.63, 3.8) is 0 Å². The number of nitrogens with one attached hydrogen (secondary N) is 1. The van der Waals surface area contributed by atoms with Gasteiger partial charge in [-0.05, 0) is 18.2 Å². The van der Waals surface area contributed by atoms with Crippen molar-refractivity contribution in [2.45, 2.75) is 10.6 Å². The molecule has 0 amide bonds. The minimum atomic E-state index is -1.02. The molecule has 0 saturated carbocycles. The maximum absolute atomic E-state index is 12.1. The molecule has 0 aliphatic heterocycles. The Morgan fingerprint density at radius 3 is 3.12 bits per heavy atom. The highest BCUT2D eigenvalue weighted by atomic mass is 32.2. The van der Waals surface area contributed by atoms with Crippen LogP contribution in [0.4, 0.5) is 0 Å². The highest BCUT2D eigenvalue weighted by molar-refractivity contribution is 7.84. The number of aromatic amines is 1. The van der Waals surface area contributed by atoms with Crippen molar-refractivity contribution in [1.29, 1.82) is 0 Å². The first-order chi connectivity index (χ1) is 8.33. The Kier molecular flexibility index (Phi) is 2.74. The number of thiazole rings is 1. The van der Waals surface area contributed by atoms with Crippen LogP contribution in [0, 0.1) is 0 Å². The van der Waals surface area contributed by atoms with E-state index in [2.05, 4.69) is 15.2 Å². The van der Waals surface area contributed by atoms with Gasteiger partial charge in [-0.2, -0.15) is 5.10 Å². The highest BCUT2D eigenvalue weighted by Crippen LogP contribution is 2.19. The summed E-state index contributed by atoms with van der Waals surface area (Å²) in [6.07, 6.45) is 3.50. The maximum Gasteiger partial charge on any atom is 0.0794 e. The SMILES string of the molecule is O=S(Cc1cncs1)c1ccc2[nH]ncc2c1. The Labute approximate surface area is 104 Å². The third-order valence-electron chi connectivity index (χ3n) is 2.43. The summed E-state index contributed by atoms with van der Waals surface area (Å²) in [7, 11) is -1.02. The number of nitrogens with zero attached hydrogens (tertiary/aromatic N) is 2. The van der Waals surface area contributed by atoms with Crippen LogP contribution in [-0.2, 0) is 16.6 Å². The van der Waals surface area contributed by atoms with E-state index in [1.54, 1.807) is 17.9 Å². The topological polar surface area (TPSA) is 58.6 Å². The average molecular weight is 263 g/mol. The number of hydrogen-bond donors (Lipinski definition) is 1. The van der Waals surface area contributed by atoms with Crippen LogP contribution >= 0.6 is 11.3 Å². The van der Waals surface area contributed by atoms with Crippen molar-refractivity contribution in [3.05, 3.63) is 41.0 Å². The molecule has 86 valence electrons. The molecule has 2 aromatic heterocycles. The predicted octanol–water partition coefficient (Wildman–Crippen LogP) is 2.33. The van der Waals surface area contributed by atoms with E-state index in [9.17, 15) is 4.21 Å². The van der Waals surface area contributed by atoms with Crippen LogP contribution in [0.1, 0.15) is 4.88 Å². The summed E-state index contributed by atoms with van der Waals surface area (Å²) < 4.78 is 12.1. The van der Waals surface area contributed by atoms with Gasteiger partial charge in [0.05, 0.1) is 33.8 Å². The molecule has 1 N–H and O–H groups in total. The molecule has 1 aromatic carbocycles. The van der Waals surface area contributed by atoms with Crippen molar-refractivity contribution >= 4 is 33.0 Å². The quantitative estimate of drug-likeness (QED) is 0.789. The zero-order valence-corrected chi connectivity index (χ0v) is 10.4. The number of rotatable bonds is 3. The first-order valence-corrected chi connectivity index (χ1v) is 7.22. The molecule has 3 rings (SSSR count). The van der Waals surface area contributed by atoms with Crippen LogP contribution in [0.2, 0.25) is 0 Å². The van der Waals surface area contributed by atoms with E-state index in [-0.39, 0.29) is 0 Å². The lowest BCUT2D eigenvalue weighted by molar-refractivity contribution is 0.683. The van der Waals surface area contributed by atoms with Crippen LogP contribution in [0.5, 0.6) is 0 Å². The minimum Gasteiger partial charge on any atom is -0.278 e. The van der Waals surface area contributed by atoms with Gasteiger partial charge in [0.1, 0.15) is 0 Å². The van der Waals surface area contributed by atoms with E-state index < -0.39 is 10.8 Å². The van der Waals surface area contributed by atoms with E-state index in [4.69, 9.17) is 0 Å². The van der Waals surface area contributed by atoms with E-state index in [1.807, 2.05) is 18.2 Å². The zero-order valence-electron chi connectivity index (χ0n) is 8.79. The number of hydrogen-bond acceptors (Lipinski definition) is 4. The zero-order chi connectivity index (χ0) is 11.7. The number of H-pyrrole nitrogens is 1. The fraction of sp³-hybridized carbons (Fsp3) is 0.0909. The lowest BCUT2D eigenvalue weighted by atomic mass is 10.3. The second kappa shape index (κ2) is 4.38. The Hall–Kier alpha value is -1.53. The van der Waals surface area contributed by atoms with E-state index in [1.165, 1.54) is 11.3 Å². The van der Waals surface area contributed by atoms with E-state index in [0.717, 1.165) is 20.7 Å². The second-order valence-electron chi connectivity index (χ2n) is 3.58. The van der Waals surface area contributed by atoms with Gasteiger partial charge >= 0.3 is 0 Å². The molecule has 0 bridgehead atoms. The number of fused-ring (bicyclic) bond motifs is 1. The molecule has 0 aliphatic carbocycles. The summed E-state index contributed by atoms with van der Waals surface area (Å²) in [6.45, 7) is 0. The molecule has 0 saturated heterocycles. The van der Waals surface area contributed by atoms with Crippen molar-refractivity contribution in [1.82, 2.24) is 15.2 Å². The Bertz CT molecular complexity index is 660. The van der Waals surface area contributed by atoms with Crippen LogP contribution in [0.25, 0.3) is 10.9 Å². The van der Waals surface area contributed by atoms with Gasteiger partial charge in [0, 0.05) is 21.4 Å². The molecule has 0 radical (unpaired) electrons. The Morgan fingerprint density at radius 1 is 1.35 bits per heavy atom. The molecule has 3 aromatic rings. The first kappa shape index (κ1) is 10.6. The summed E-state index contributed by atoms with van der Waals surface area (Å²) in [4.78, 5) is 5.84.